The molecule has 1 unspecified atom stereocenters. The van der Waals surface area contributed by atoms with Gasteiger partial charge in [-0.1, -0.05) is 17.7 Å². The van der Waals surface area contributed by atoms with E-state index in [9.17, 15) is 8.76 Å². The van der Waals surface area contributed by atoms with E-state index >= 15 is 0 Å². The Morgan fingerprint density at radius 2 is 1.69 bits per heavy atom. The largest absolute Gasteiger partial charge is 0.755 e. The summed E-state index contributed by atoms with van der Waals surface area (Å²) in [5.41, 5.74) is 3.71. The molecule has 4 heteroatoms. The van der Waals surface area contributed by atoms with Gasteiger partial charge in [0.2, 0.25) is 0 Å². The Labute approximate surface area is 80.6 Å². The molecule has 3 nitrogen and oxygen atoms in total. The molecule has 0 radical (unpaired) electrons. The molecule has 0 saturated carbocycles. The van der Waals surface area contributed by atoms with Crippen LogP contribution in [0.4, 0.5) is 5.69 Å². The third-order valence-corrected chi connectivity index (χ3v) is 2.23. The van der Waals surface area contributed by atoms with Crippen LogP contribution in [0.3, 0.4) is 0 Å². The number of hydrogen-bond donors (Lipinski definition) is 1. The average Bonchev–Trinajstić information content (AvgIpc) is 1.96. The average molecular weight is 198 g/mol. The van der Waals surface area contributed by atoms with Crippen LogP contribution < -0.4 is 4.72 Å². The van der Waals surface area contributed by atoms with Crippen molar-refractivity contribution in [3.63, 3.8) is 0 Å². The van der Waals surface area contributed by atoms with Crippen molar-refractivity contribution in [3.05, 3.63) is 28.8 Å². The van der Waals surface area contributed by atoms with Gasteiger partial charge >= 0.3 is 0 Å². The van der Waals surface area contributed by atoms with Crippen molar-refractivity contribution in [2.24, 2.45) is 0 Å². The zero-order valence-corrected chi connectivity index (χ0v) is 8.70. The number of benzene rings is 1. The molecule has 1 N–H and O–H groups in total. The fourth-order valence-corrected chi connectivity index (χ4v) is 1.91. The molecule has 1 aromatic rings. The van der Waals surface area contributed by atoms with E-state index in [0.717, 1.165) is 16.7 Å². The van der Waals surface area contributed by atoms with Crippen molar-refractivity contribution in [2.75, 3.05) is 4.72 Å². The van der Waals surface area contributed by atoms with Crippen molar-refractivity contribution in [1.82, 2.24) is 0 Å². The third kappa shape index (κ3) is 2.54. The molecule has 0 aliphatic heterocycles. The second kappa shape index (κ2) is 3.89. The molecule has 0 fully saturated rings. The summed E-state index contributed by atoms with van der Waals surface area (Å²) in [7, 11) is 0. The highest BCUT2D eigenvalue weighted by molar-refractivity contribution is 7.80. The van der Waals surface area contributed by atoms with Crippen molar-refractivity contribution >= 4 is 17.0 Å². The highest BCUT2D eigenvalue weighted by atomic mass is 32.2. The SMILES string of the molecule is Cc1cc(C)c(NS(=O)[O-])c(C)c1. The van der Waals surface area contributed by atoms with Gasteiger partial charge < -0.3 is 9.27 Å². The Bertz CT molecular complexity index is 326. The minimum atomic E-state index is -2.24. The van der Waals surface area contributed by atoms with E-state index in [4.69, 9.17) is 0 Å². The molecule has 0 spiro atoms. The maximum Gasteiger partial charge on any atom is 0.0510 e. The fraction of sp³-hybridized carbons (Fsp3) is 0.333. The van der Waals surface area contributed by atoms with Crippen LogP contribution in [0.1, 0.15) is 16.7 Å². The summed E-state index contributed by atoms with van der Waals surface area (Å²) in [4.78, 5) is 0. The van der Waals surface area contributed by atoms with Gasteiger partial charge in [-0.25, -0.2) is 0 Å². The monoisotopic (exact) mass is 198 g/mol. The van der Waals surface area contributed by atoms with Crippen molar-refractivity contribution in [2.45, 2.75) is 20.8 Å². The minimum Gasteiger partial charge on any atom is -0.755 e. The maximum atomic E-state index is 10.4. The van der Waals surface area contributed by atoms with Crippen LogP contribution in [-0.4, -0.2) is 8.76 Å². The fourth-order valence-electron chi connectivity index (χ4n) is 1.42. The lowest BCUT2D eigenvalue weighted by molar-refractivity contribution is 0.542. The Hall–Kier alpha value is -0.870. The lowest BCUT2D eigenvalue weighted by atomic mass is 10.1. The van der Waals surface area contributed by atoms with Gasteiger partial charge in [-0.15, -0.1) is 0 Å². The molecule has 0 aliphatic carbocycles. The zero-order chi connectivity index (χ0) is 10.0. The number of hydrogen-bond acceptors (Lipinski definition) is 2. The van der Waals surface area contributed by atoms with Gasteiger partial charge in [-0.2, -0.15) is 0 Å². The Balaban J connectivity index is 3.13. The van der Waals surface area contributed by atoms with E-state index in [1.54, 1.807) is 0 Å². The first-order chi connectivity index (χ1) is 6.00. The molecule has 1 aromatic carbocycles. The second-order valence-electron chi connectivity index (χ2n) is 3.11. The highest BCUT2D eigenvalue weighted by Crippen LogP contribution is 2.21. The summed E-state index contributed by atoms with van der Waals surface area (Å²) < 4.78 is 23.3. The molecule has 0 bridgehead atoms. The van der Waals surface area contributed by atoms with E-state index in [-0.39, 0.29) is 0 Å². The summed E-state index contributed by atoms with van der Waals surface area (Å²) in [6, 6.07) is 3.89. The lowest BCUT2D eigenvalue weighted by Crippen LogP contribution is -2.05. The molecule has 1 atom stereocenters. The highest BCUT2D eigenvalue weighted by Gasteiger charge is 2.02. The van der Waals surface area contributed by atoms with Crippen LogP contribution in [-0.2, 0) is 11.3 Å². The molecule has 0 aromatic heterocycles. The minimum absolute atomic E-state index is 0.680. The molecule has 1 rings (SSSR count). The summed E-state index contributed by atoms with van der Waals surface area (Å²) in [5, 5.41) is 0. The summed E-state index contributed by atoms with van der Waals surface area (Å²) in [6.07, 6.45) is 0. The van der Waals surface area contributed by atoms with Crippen molar-refractivity contribution in [3.8, 4) is 0 Å². The summed E-state index contributed by atoms with van der Waals surface area (Å²) in [5.74, 6) is 0. The number of rotatable bonds is 2. The molecule has 72 valence electrons. The first kappa shape index (κ1) is 10.2. The topological polar surface area (TPSA) is 52.2 Å². The van der Waals surface area contributed by atoms with Crippen LogP contribution in [0.15, 0.2) is 12.1 Å². The summed E-state index contributed by atoms with van der Waals surface area (Å²) >= 11 is -2.24. The smallest absolute Gasteiger partial charge is 0.0510 e. The Morgan fingerprint density at radius 1 is 1.23 bits per heavy atom. The van der Waals surface area contributed by atoms with E-state index in [2.05, 4.69) is 4.72 Å². The predicted octanol–water partition coefficient (Wildman–Crippen LogP) is 1.82. The number of nitrogens with one attached hydrogen (secondary N) is 1. The van der Waals surface area contributed by atoms with Crippen LogP contribution in [0, 0.1) is 20.8 Å². The molecule has 0 saturated heterocycles. The Morgan fingerprint density at radius 3 is 2.08 bits per heavy atom. The summed E-state index contributed by atoms with van der Waals surface area (Å²) in [6.45, 7) is 5.75. The normalized spacial score (nSPS) is 12.6. The van der Waals surface area contributed by atoms with Crippen molar-refractivity contribution in [1.29, 1.82) is 0 Å². The standard InChI is InChI=1S/C9H13NO2S/c1-6-4-7(2)9(8(3)5-6)10-13(11)12/h4-5,10H,1-3H3,(H,11,12)/p-1. The first-order valence-corrected chi connectivity index (χ1v) is 5.02. The van der Waals surface area contributed by atoms with Crippen molar-refractivity contribution < 1.29 is 8.76 Å². The van der Waals surface area contributed by atoms with Crippen LogP contribution in [0.25, 0.3) is 0 Å². The quantitative estimate of drug-likeness (QED) is 0.737. The maximum absolute atomic E-state index is 10.4. The van der Waals surface area contributed by atoms with Crippen LogP contribution in [0.2, 0.25) is 0 Å². The molecule has 13 heavy (non-hydrogen) atoms. The van der Waals surface area contributed by atoms with Gasteiger partial charge in [-0.05, 0) is 31.9 Å². The van der Waals surface area contributed by atoms with Gasteiger partial charge in [0.15, 0.2) is 0 Å². The second-order valence-corrected chi connectivity index (χ2v) is 3.78. The van der Waals surface area contributed by atoms with Gasteiger partial charge in [0, 0.05) is 11.3 Å². The number of anilines is 1. The molecule has 0 heterocycles. The van der Waals surface area contributed by atoms with Gasteiger partial charge in [0.25, 0.3) is 0 Å². The Kier molecular flexibility index (Phi) is 3.06. The van der Waals surface area contributed by atoms with Crippen LogP contribution >= 0.6 is 0 Å². The van der Waals surface area contributed by atoms with Crippen LogP contribution in [0.5, 0.6) is 0 Å². The van der Waals surface area contributed by atoms with E-state index < -0.39 is 11.3 Å². The van der Waals surface area contributed by atoms with Gasteiger partial charge in [0.05, 0.1) is 5.69 Å². The molecular weight excluding hydrogens is 186 g/mol. The molecule has 0 amide bonds. The van der Waals surface area contributed by atoms with Gasteiger partial charge in [-0.3, -0.25) is 4.21 Å². The van der Waals surface area contributed by atoms with E-state index in [0.29, 0.717) is 5.69 Å². The van der Waals surface area contributed by atoms with E-state index in [1.807, 2.05) is 32.9 Å². The third-order valence-electron chi connectivity index (χ3n) is 1.86. The number of aryl methyl sites for hydroxylation is 3. The lowest BCUT2D eigenvalue weighted by Gasteiger charge is -2.14. The van der Waals surface area contributed by atoms with Gasteiger partial charge in [0.1, 0.15) is 0 Å². The zero-order valence-electron chi connectivity index (χ0n) is 7.88. The molecular formula is C9H12NO2S-. The first-order valence-electron chi connectivity index (χ1n) is 3.94. The van der Waals surface area contributed by atoms with E-state index in [1.165, 1.54) is 0 Å². The predicted molar refractivity (Wildman–Crippen MR) is 53.2 cm³/mol. The molecule has 0 aliphatic rings.